The van der Waals surface area contributed by atoms with Gasteiger partial charge in [0, 0.05) is 49.7 Å². The van der Waals surface area contributed by atoms with E-state index in [0.29, 0.717) is 43.5 Å². The molecule has 4 rings (SSSR count). The lowest BCUT2D eigenvalue weighted by atomic mass is 9.53. The first-order chi connectivity index (χ1) is 16.1. The molecule has 182 valence electrons. The van der Waals surface area contributed by atoms with E-state index in [1.54, 1.807) is 12.2 Å². The number of methoxy groups -OCH3 is 1. The van der Waals surface area contributed by atoms with Crippen LogP contribution < -0.4 is 0 Å². The fourth-order valence-corrected chi connectivity index (χ4v) is 6.36. The van der Waals surface area contributed by atoms with Crippen LogP contribution in [0, 0.1) is 16.7 Å². The number of Topliss-reactive ketones (excluding diaryl/α,β-unsaturated/α-hetero) is 1. The zero-order valence-electron chi connectivity index (χ0n) is 20.1. The first-order valence-corrected chi connectivity index (χ1v) is 11.7. The summed E-state index contributed by atoms with van der Waals surface area (Å²) >= 11 is 0. The van der Waals surface area contributed by atoms with Crippen LogP contribution in [0.3, 0.4) is 0 Å². The molecule has 1 N–H and O–H groups in total. The van der Waals surface area contributed by atoms with E-state index in [1.807, 2.05) is 24.9 Å². The van der Waals surface area contributed by atoms with Gasteiger partial charge in [0.05, 0.1) is 12.0 Å². The van der Waals surface area contributed by atoms with Gasteiger partial charge in [-0.1, -0.05) is 19.1 Å². The molecule has 7 nitrogen and oxygen atoms in total. The van der Waals surface area contributed by atoms with Crippen molar-refractivity contribution in [1.29, 1.82) is 0 Å². The molecule has 1 saturated heterocycles. The van der Waals surface area contributed by atoms with Crippen LogP contribution >= 0.6 is 0 Å². The van der Waals surface area contributed by atoms with Crippen molar-refractivity contribution in [3.8, 4) is 0 Å². The lowest BCUT2D eigenvalue weighted by Gasteiger charge is -2.52. The van der Waals surface area contributed by atoms with E-state index >= 15 is 0 Å². The van der Waals surface area contributed by atoms with Gasteiger partial charge in [0.1, 0.15) is 11.9 Å². The van der Waals surface area contributed by atoms with E-state index in [1.165, 1.54) is 13.2 Å². The summed E-state index contributed by atoms with van der Waals surface area (Å²) in [6.45, 7) is 12.7. The lowest BCUT2D eigenvalue weighted by molar-refractivity contribution is -0.174. The molecule has 4 unspecified atom stereocenters. The van der Waals surface area contributed by atoms with E-state index in [2.05, 4.69) is 13.2 Å². The molecule has 0 amide bonds. The van der Waals surface area contributed by atoms with Crippen LogP contribution in [0.1, 0.15) is 33.1 Å². The van der Waals surface area contributed by atoms with Crippen molar-refractivity contribution >= 4 is 17.5 Å². The highest BCUT2D eigenvalue weighted by molar-refractivity contribution is 6.10. The number of allylic oxidation sites excluding steroid dienone is 3. The van der Waals surface area contributed by atoms with Gasteiger partial charge in [-0.2, -0.15) is 0 Å². The minimum Gasteiger partial charge on any atom is -0.456 e. The van der Waals surface area contributed by atoms with E-state index in [-0.39, 0.29) is 24.1 Å². The Hall–Kier alpha value is -2.77. The molecular formula is C27H33NO6. The Kier molecular flexibility index (Phi) is 6.29. The Morgan fingerprint density at radius 1 is 1.24 bits per heavy atom. The standard InChI is InChI=1S/C27H33NO6/c1-6-10-28(11-7-2)14-16-13-26(3)17(8-9-20(26)30)22-19(29)12-18-24(31)25(32)34-21(15-33-5)27(18,4)23(16)22/h6-7,12,14,17,21,24,31H,1-2,8-11,13,15H2,3-5H3/t17?,21?,24-,26?,27?/m0/s1. The van der Waals surface area contributed by atoms with Crippen LogP contribution in [0.5, 0.6) is 0 Å². The molecule has 1 heterocycles. The average molecular weight is 468 g/mol. The van der Waals surface area contributed by atoms with Crippen LogP contribution in [-0.4, -0.2) is 66.6 Å². The number of aliphatic hydroxyl groups is 1. The summed E-state index contributed by atoms with van der Waals surface area (Å²) in [7, 11) is 1.52. The van der Waals surface area contributed by atoms with E-state index in [4.69, 9.17) is 9.47 Å². The van der Waals surface area contributed by atoms with Crippen molar-refractivity contribution in [2.45, 2.75) is 45.3 Å². The quantitative estimate of drug-likeness (QED) is 0.455. The minimum atomic E-state index is -1.53. The summed E-state index contributed by atoms with van der Waals surface area (Å²) in [5.41, 5.74) is 0.850. The Morgan fingerprint density at radius 2 is 1.91 bits per heavy atom. The van der Waals surface area contributed by atoms with Gasteiger partial charge in [-0.15, -0.1) is 13.2 Å². The first-order valence-electron chi connectivity index (χ1n) is 11.7. The third-order valence-corrected chi connectivity index (χ3v) is 8.04. The lowest BCUT2D eigenvalue weighted by Crippen LogP contribution is -2.56. The molecule has 7 heteroatoms. The highest BCUT2D eigenvalue weighted by Crippen LogP contribution is 2.61. The number of esters is 1. The maximum atomic E-state index is 13.6. The monoisotopic (exact) mass is 467 g/mol. The summed E-state index contributed by atoms with van der Waals surface area (Å²) < 4.78 is 11.1. The molecule has 1 saturated carbocycles. The van der Waals surface area contributed by atoms with Crippen LogP contribution in [0.25, 0.3) is 0 Å². The van der Waals surface area contributed by atoms with E-state index < -0.39 is 29.0 Å². The number of aliphatic hydroxyl groups excluding tert-OH is 1. The topological polar surface area (TPSA) is 93.1 Å². The maximum Gasteiger partial charge on any atom is 0.339 e. The molecule has 0 aromatic carbocycles. The van der Waals surface area contributed by atoms with Gasteiger partial charge in [0.25, 0.3) is 0 Å². The summed E-state index contributed by atoms with van der Waals surface area (Å²) in [4.78, 5) is 41.2. The average Bonchev–Trinajstić information content (AvgIpc) is 3.08. The Balaban J connectivity index is 1.99. The van der Waals surface area contributed by atoms with Gasteiger partial charge in [0.15, 0.2) is 11.9 Å². The van der Waals surface area contributed by atoms with Crippen LogP contribution in [0.4, 0.5) is 0 Å². The number of carbonyl (C=O) groups is 3. The summed E-state index contributed by atoms with van der Waals surface area (Å²) in [6.07, 6.45) is 6.15. The van der Waals surface area contributed by atoms with E-state index in [9.17, 15) is 19.5 Å². The molecule has 0 bridgehead atoms. The molecule has 0 radical (unpaired) electrons. The molecule has 0 aromatic heterocycles. The predicted octanol–water partition coefficient (Wildman–Crippen LogP) is 2.68. The van der Waals surface area contributed by atoms with Gasteiger partial charge < -0.3 is 19.5 Å². The third kappa shape index (κ3) is 3.45. The Bertz CT molecular complexity index is 1040. The van der Waals surface area contributed by atoms with Crippen molar-refractivity contribution in [1.82, 2.24) is 4.90 Å². The van der Waals surface area contributed by atoms with Crippen molar-refractivity contribution < 1.29 is 29.0 Å². The largest absolute Gasteiger partial charge is 0.456 e. The maximum absolute atomic E-state index is 13.6. The summed E-state index contributed by atoms with van der Waals surface area (Å²) in [6, 6.07) is 0. The summed E-state index contributed by atoms with van der Waals surface area (Å²) in [5, 5.41) is 10.8. The number of carbonyl (C=O) groups excluding carboxylic acids is 3. The van der Waals surface area contributed by atoms with Crippen molar-refractivity contribution in [2.75, 3.05) is 26.8 Å². The van der Waals surface area contributed by atoms with Gasteiger partial charge in [-0.3, -0.25) is 9.59 Å². The highest BCUT2D eigenvalue weighted by Gasteiger charge is 2.61. The fourth-order valence-electron chi connectivity index (χ4n) is 6.36. The molecule has 1 aliphatic heterocycles. The Morgan fingerprint density at radius 3 is 2.53 bits per heavy atom. The van der Waals surface area contributed by atoms with Gasteiger partial charge in [-0.25, -0.2) is 4.79 Å². The van der Waals surface area contributed by atoms with Gasteiger partial charge in [-0.05, 0) is 42.6 Å². The van der Waals surface area contributed by atoms with Crippen LogP contribution in [-0.2, 0) is 23.9 Å². The molecule has 3 aliphatic carbocycles. The zero-order valence-corrected chi connectivity index (χ0v) is 20.1. The second-order valence-corrected chi connectivity index (χ2v) is 10.0. The number of hydrogen-bond acceptors (Lipinski definition) is 7. The van der Waals surface area contributed by atoms with Gasteiger partial charge >= 0.3 is 5.97 Å². The second kappa shape index (κ2) is 8.78. The number of ether oxygens (including phenoxy) is 2. The third-order valence-electron chi connectivity index (χ3n) is 8.04. The first kappa shape index (κ1) is 24.4. The van der Waals surface area contributed by atoms with E-state index in [0.717, 1.165) is 11.1 Å². The van der Waals surface area contributed by atoms with Crippen molar-refractivity contribution in [3.05, 3.63) is 59.9 Å². The predicted molar refractivity (Wildman–Crippen MR) is 126 cm³/mol. The molecule has 4 aliphatic rings. The fraction of sp³-hybridized carbons (Fsp3) is 0.519. The van der Waals surface area contributed by atoms with Gasteiger partial charge in [0.2, 0.25) is 0 Å². The molecule has 2 fully saturated rings. The van der Waals surface area contributed by atoms with Crippen LogP contribution in [0.2, 0.25) is 0 Å². The molecule has 5 atom stereocenters. The molecule has 0 aromatic rings. The Labute approximate surface area is 200 Å². The number of ketones is 2. The molecular weight excluding hydrogens is 434 g/mol. The molecule has 0 spiro atoms. The number of hydrogen-bond donors (Lipinski definition) is 1. The SMILES string of the molecule is C=CCN(C=C1CC2(C)C(=O)CCC2C2=C1C1(C)C(=CC2=O)[C@H](O)C(=O)OC1COC)CC=C. The van der Waals surface area contributed by atoms with Crippen molar-refractivity contribution in [2.24, 2.45) is 16.7 Å². The normalized spacial score (nSPS) is 35.9. The van der Waals surface area contributed by atoms with Crippen molar-refractivity contribution in [3.63, 3.8) is 0 Å². The highest BCUT2D eigenvalue weighted by atomic mass is 16.6. The smallest absolute Gasteiger partial charge is 0.339 e. The number of fused-ring (bicyclic) bond motifs is 4. The zero-order chi connectivity index (χ0) is 24.8. The summed E-state index contributed by atoms with van der Waals surface area (Å²) in [5.74, 6) is -1.10. The number of cyclic esters (lactones) is 1. The second-order valence-electron chi connectivity index (χ2n) is 10.0. The number of rotatable bonds is 7. The number of nitrogens with zero attached hydrogens (tertiary/aromatic N) is 1. The molecule has 34 heavy (non-hydrogen) atoms. The van der Waals surface area contributed by atoms with Crippen LogP contribution in [0.15, 0.2) is 59.9 Å². The minimum absolute atomic E-state index is 0.106.